The molecule has 2 rings (SSSR count). The van der Waals surface area contributed by atoms with Crippen molar-refractivity contribution in [3.8, 4) is 0 Å². The van der Waals surface area contributed by atoms with Gasteiger partial charge >= 0.3 is 11.9 Å². The van der Waals surface area contributed by atoms with Crippen molar-refractivity contribution in [3.05, 3.63) is 35.9 Å². The van der Waals surface area contributed by atoms with E-state index < -0.39 is 53.4 Å². The van der Waals surface area contributed by atoms with Crippen LogP contribution in [0.3, 0.4) is 0 Å². The first-order chi connectivity index (χ1) is 17.2. The van der Waals surface area contributed by atoms with Crippen molar-refractivity contribution < 1.29 is 38.1 Å². The van der Waals surface area contributed by atoms with E-state index in [0.29, 0.717) is 5.94 Å². The SMILES string of the molecule is CSCOC[C@H]1O[C@H](OCc2ccccc2)[C@H](NC(C)=O)[C@@H](OC(=O)C(C)(C)C)[C@H]1OC(=O)C(C)(C)C. The molecule has 0 radical (unpaired) electrons. The number of carbonyl (C=O) groups is 3. The Morgan fingerprint density at radius 3 is 2.03 bits per heavy atom. The van der Waals surface area contributed by atoms with Crippen LogP contribution in [0.5, 0.6) is 0 Å². The molecule has 0 bridgehead atoms. The second-order valence-corrected chi connectivity index (χ2v) is 11.9. The van der Waals surface area contributed by atoms with Crippen LogP contribution in [-0.4, -0.2) is 67.3 Å². The van der Waals surface area contributed by atoms with E-state index in [-0.39, 0.29) is 19.1 Å². The number of thioether (sulfide) groups is 1. The van der Waals surface area contributed by atoms with Gasteiger partial charge in [-0.05, 0) is 53.4 Å². The second-order valence-electron chi connectivity index (χ2n) is 11.1. The van der Waals surface area contributed by atoms with Crippen LogP contribution in [0.4, 0.5) is 0 Å². The van der Waals surface area contributed by atoms with Gasteiger partial charge in [0.25, 0.3) is 0 Å². The van der Waals surface area contributed by atoms with Crippen LogP contribution >= 0.6 is 11.8 Å². The zero-order valence-corrected chi connectivity index (χ0v) is 23.9. The molecule has 0 saturated carbocycles. The summed E-state index contributed by atoms with van der Waals surface area (Å²) in [6.45, 7) is 11.9. The smallest absolute Gasteiger partial charge is 0.311 e. The minimum atomic E-state index is -1.08. The molecule has 0 aliphatic carbocycles. The molecule has 9 nitrogen and oxygen atoms in total. The highest BCUT2D eigenvalue weighted by molar-refractivity contribution is 7.98. The van der Waals surface area contributed by atoms with E-state index in [1.54, 1.807) is 41.5 Å². The number of hydrogen-bond acceptors (Lipinski definition) is 9. The van der Waals surface area contributed by atoms with Crippen LogP contribution in [-0.2, 0) is 44.7 Å². The number of ether oxygens (including phenoxy) is 5. The normalized spacial score (nSPS) is 24.3. The maximum Gasteiger partial charge on any atom is 0.311 e. The summed E-state index contributed by atoms with van der Waals surface area (Å²) < 4.78 is 30.0. The molecule has 5 atom stereocenters. The summed E-state index contributed by atoms with van der Waals surface area (Å²) in [5.41, 5.74) is -0.775. The highest BCUT2D eigenvalue weighted by Crippen LogP contribution is 2.32. The lowest BCUT2D eigenvalue weighted by Crippen LogP contribution is -2.67. The molecule has 37 heavy (non-hydrogen) atoms. The lowest BCUT2D eigenvalue weighted by atomic mass is 9.92. The molecule has 10 heteroatoms. The summed E-state index contributed by atoms with van der Waals surface area (Å²) in [7, 11) is 0. The average Bonchev–Trinajstić information content (AvgIpc) is 2.80. The van der Waals surface area contributed by atoms with Gasteiger partial charge in [-0.25, -0.2) is 0 Å². The summed E-state index contributed by atoms with van der Waals surface area (Å²) in [6.07, 6.45) is -2.06. The zero-order chi connectivity index (χ0) is 27.8. The van der Waals surface area contributed by atoms with E-state index >= 15 is 0 Å². The standard InChI is InChI=1S/C27H41NO8S/c1-17(29)28-20-22(36-25(31)27(5,6)7)21(35-24(30)26(2,3)4)19(15-32-16-37-8)34-23(20)33-14-18-12-10-9-11-13-18/h9-13,19-23H,14-16H2,1-8H3,(H,28,29)/t19-,20-,21+,22-,23+/m1/s1. The highest BCUT2D eigenvalue weighted by atomic mass is 32.2. The number of esters is 2. The maximum absolute atomic E-state index is 13.1. The Kier molecular flexibility index (Phi) is 11.4. The van der Waals surface area contributed by atoms with Crippen LogP contribution in [0.1, 0.15) is 54.0 Å². The Bertz CT molecular complexity index is 896. The van der Waals surface area contributed by atoms with Crippen molar-refractivity contribution in [1.29, 1.82) is 0 Å². The number of rotatable bonds is 10. The molecule has 0 unspecified atom stereocenters. The fourth-order valence-corrected chi connectivity index (χ4v) is 3.71. The van der Waals surface area contributed by atoms with Gasteiger partial charge in [0.1, 0.15) is 12.1 Å². The number of nitrogens with one attached hydrogen (secondary N) is 1. The highest BCUT2D eigenvalue weighted by Gasteiger charge is 2.52. The van der Waals surface area contributed by atoms with E-state index in [1.807, 2.05) is 36.6 Å². The Labute approximate surface area is 224 Å². The molecule has 1 heterocycles. The quantitative estimate of drug-likeness (QED) is 0.270. The third kappa shape index (κ3) is 9.59. The van der Waals surface area contributed by atoms with Gasteiger partial charge in [0.2, 0.25) is 5.91 Å². The molecule has 0 aromatic heterocycles. The Balaban J connectivity index is 2.48. The van der Waals surface area contributed by atoms with Gasteiger partial charge < -0.3 is 29.0 Å². The molecule has 1 saturated heterocycles. The third-order valence-electron chi connectivity index (χ3n) is 5.47. The fraction of sp³-hybridized carbons (Fsp3) is 0.667. The molecule has 1 aliphatic heterocycles. The van der Waals surface area contributed by atoms with Gasteiger partial charge in [0.05, 0.1) is 30.0 Å². The van der Waals surface area contributed by atoms with E-state index in [9.17, 15) is 14.4 Å². The Hall–Kier alpha value is -2.14. The summed E-state index contributed by atoms with van der Waals surface area (Å²) in [6, 6.07) is 8.54. The van der Waals surface area contributed by atoms with Crippen molar-refractivity contribution >= 4 is 29.6 Å². The first kappa shape index (κ1) is 31.1. The number of carbonyl (C=O) groups excluding carboxylic acids is 3. The van der Waals surface area contributed by atoms with Crippen LogP contribution in [0.2, 0.25) is 0 Å². The topological polar surface area (TPSA) is 109 Å². The molecular formula is C27H41NO8S. The van der Waals surface area contributed by atoms with Gasteiger partial charge in [0.15, 0.2) is 18.5 Å². The van der Waals surface area contributed by atoms with Gasteiger partial charge in [-0.1, -0.05) is 30.3 Å². The maximum atomic E-state index is 13.1. The van der Waals surface area contributed by atoms with E-state index in [2.05, 4.69) is 5.32 Å². The van der Waals surface area contributed by atoms with Crippen molar-refractivity contribution in [2.75, 3.05) is 18.8 Å². The number of hydrogen-bond donors (Lipinski definition) is 1. The number of amides is 1. The van der Waals surface area contributed by atoms with Crippen LogP contribution < -0.4 is 5.32 Å². The Morgan fingerprint density at radius 1 is 0.946 bits per heavy atom. The Morgan fingerprint density at radius 2 is 1.51 bits per heavy atom. The summed E-state index contributed by atoms with van der Waals surface area (Å²) in [5.74, 6) is -1.01. The van der Waals surface area contributed by atoms with Crippen LogP contribution in [0.25, 0.3) is 0 Å². The molecule has 1 aromatic carbocycles. The lowest BCUT2D eigenvalue weighted by Gasteiger charge is -2.46. The molecule has 0 spiro atoms. The fourth-order valence-electron chi connectivity index (χ4n) is 3.45. The predicted molar refractivity (Wildman–Crippen MR) is 141 cm³/mol. The molecule has 1 aromatic rings. The van der Waals surface area contributed by atoms with Crippen LogP contribution in [0.15, 0.2) is 30.3 Å². The number of benzene rings is 1. The predicted octanol–water partition coefficient (Wildman–Crippen LogP) is 3.69. The van der Waals surface area contributed by atoms with Crippen molar-refractivity contribution in [2.24, 2.45) is 10.8 Å². The van der Waals surface area contributed by atoms with Crippen molar-refractivity contribution in [1.82, 2.24) is 5.32 Å². The van der Waals surface area contributed by atoms with Gasteiger partial charge in [-0.15, -0.1) is 11.8 Å². The second kappa shape index (κ2) is 13.6. The van der Waals surface area contributed by atoms with Crippen molar-refractivity contribution in [3.63, 3.8) is 0 Å². The van der Waals surface area contributed by atoms with Gasteiger partial charge in [0, 0.05) is 6.92 Å². The summed E-state index contributed by atoms with van der Waals surface area (Å²) in [5, 5.41) is 2.80. The third-order valence-corrected chi connectivity index (χ3v) is 5.87. The van der Waals surface area contributed by atoms with Crippen LogP contribution in [0, 0.1) is 10.8 Å². The monoisotopic (exact) mass is 539 g/mol. The minimum Gasteiger partial charge on any atom is -0.455 e. The average molecular weight is 540 g/mol. The first-order valence-electron chi connectivity index (χ1n) is 12.3. The molecular weight excluding hydrogens is 498 g/mol. The molecule has 208 valence electrons. The largest absolute Gasteiger partial charge is 0.455 e. The van der Waals surface area contributed by atoms with E-state index in [4.69, 9.17) is 23.7 Å². The minimum absolute atomic E-state index is 0.0600. The van der Waals surface area contributed by atoms with Gasteiger partial charge in [-0.3, -0.25) is 14.4 Å². The molecule has 1 aliphatic rings. The lowest BCUT2D eigenvalue weighted by molar-refractivity contribution is -0.284. The van der Waals surface area contributed by atoms with Crippen molar-refractivity contribution in [2.45, 2.75) is 85.7 Å². The summed E-state index contributed by atoms with van der Waals surface area (Å²) >= 11 is 1.48. The molecule has 1 fully saturated rings. The zero-order valence-electron chi connectivity index (χ0n) is 23.1. The van der Waals surface area contributed by atoms with E-state index in [1.165, 1.54) is 18.7 Å². The molecule has 1 N–H and O–H groups in total. The summed E-state index contributed by atoms with van der Waals surface area (Å²) in [4.78, 5) is 38.3. The molecule has 1 amide bonds. The first-order valence-corrected chi connectivity index (χ1v) is 13.7. The van der Waals surface area contributed by atoms with Gasteiger partial charge in [-0.2, -0.15) is 0 Å². The van der Waals surface area contributed by atoms with E-state index in [0.717, 1.165) is 5.56 Å².